The summed E-state index contributed by atoms with van der Waals surface area (Å²) in [5.41, 5.74) is 1.53. The fourth-order valence-corrected chi connectivity index (χ4v) is 2.65. The first-order valence-corrected chi connectivity index (χ1v) is 7.30. The van der Waals surface area contributed by atoms with E-state index in [0.717, 1.165) is 11.6 Å². The van der Waals surface area contributed by atoms with Crippen LogP contribution in [0.25, 0.3) is 0 Å². The van der Waals surface area contributed by atoms with Crippen LogP contribution in [0.4, 0.5) is 8.78 Å². The Kier molecular flexibility index (Phi) is 5.20. The third-order valence-corrected chi connectivity index (χ3v) is 3.95. The lowest BCUT2D eigenvalue weighted by atomic mass is 10.0. The van der Waals surface area contributed by atoms with E-state index in [-0.39, 0.29) is 12.1 Å². The normalized spacial score (nSPS) is 14.0. The summed E-state index contributed by atoms with van der Waals surface area (Å²) >= 11 is 12.1. The molecular weight excluding hydrogens is 315 g/mol. The van der Waals surface area contributed by atoms with Crippen LogP contribution in [0.5, 0.6) is 0 Å². The third-order valence-electron chi connectivity index (χ3n) is 3.37. The van der Waals surface area contributed by atoms with Crippen LogP contribution >= 0.6 is 23.2 Å². The summed E-state index contributed by atoms with van der Waals surface area (Å²) in [5.74, 6) is -1.70. The molecular formula is C16H15Cl2F2N. The molecule has 2 atom stereocenters. The van der Waals surface area contributed by atoms with Crippen molar-refractivity contribution < 1.29 is 8.78 Å². The molecule has 0 bridgehead atoms. The molecule has 1 nitrogen and oxygen atoms in total. The molecule has 2 rings (SSSR count). The molecule has 112 valence electrons. The van der Waals surface area contributed by atoms with E-state index in [2.05, 4.69) is 5.32 Å². The summed E-state index contributed by atoms with van der Waals surface area (Å²) in [6, 6.07) is 8.88. The Morgan fingerprint density at radius 2 is 1.62 bits per heavy atom. The maximum atomic E-state index is 13.3. The number of rotatable bonds is 4. The second-order valence-electron chi connectivity index (χ2n) is 4.95. The summed E-state index contributed by atoms with van der Waals surface area (Å²) in [4.78, 5) is 0. The second-order valence-corrected chi connectivity index (χ2v) is 5.79. The molecule has 2 aromatic carbocycles. The van der Waals surface area contributed by atoms with E-state index in [4.69, 9.17) is 23.2 Å². The molecule has 0 saturated carbocycles. The van der Waals surface area contributed by atoms with Gasteiger partial charge in [-0.3, -0.25) is 0 Å². The monoisotopic (exact) mass is 329 g/mol. The predicted octanol–water partition coefficient (Wildman–Crippen LogP) is 5.68. The predicted molar refractivity (Wildman–Crippen MR) is 82.8 cm³/mol. The summed E-state index contributed by atoms with van der Waals surface area (Å²) in [6.45, 7) is 3.82. The summed E-state index contributed by atoms with van der Waals surface area (Å²) in [6.07, 6.45) is 0. The average Bonchev–Trinajstić information content (AvgIpc) is 2.44. The van der Waals surface area contributed by atoms with Gasteiger partial charge < -0.3 is 5.32 Å². The highest BCUT2D eigenvalue weighted by molar-refractivity contribution is 6.33. The Morgan fingerprint density at radius 3 is 2.29 bits per heavy atom. The van der Waals surface area contributed by atoms with Gasteiger partial charge in [-0.1, -0.05) is 29.3 Å². The smallest absolute Gasteiger partial charge is 0.159 e. The van der Waals surface area contributed by atoms with Gasteiger partial charge in [0.15, 0.2) is 11.6 Å². The lowest BCUT2D eigenvalue weighted by Gasteiger charge is -2.22. The fourth-order valence-electron chi connectivity index (χ4n) is 2.19. The van der Waals surface area contributed by atoms with Crippen molar-refractivity contribution in [1.82, 2.24) is 5.32 Å². The van der Waals surface area contributed by atoms with Gasteiger partial charge in [-0.2, -0.15) is 0 Å². The minimum Gasteiger partial charge on any atom is -0.304 e. The molecule has 0 amide bonds. The minimum absolute atomic E-state index is 0.0840. The molecule has 0 saturated heterocycles. The molecule has 0 spiro atoms. The van der Waals surface area contributed by atoms with Crippen LogP contribution in [0.1, 0.15) is 37.1 Å². The van der Waals surface area contributed by atoms with Crippen LogP contribution in [-0.4, -0.2) is 0 Å². The number of benzene rings is 2. The van der Waals surface area contributed by atoms with E-state index >= 15 is 0 Å². The fraction of sp³-hybridized carbons (Fsp3) is 0.250. The molecule has 0 aliphatic carbocycles. The van der Waals surface area contributed by atoms with E-state index in [1.807, 2.05) is 13.8 Å². The standard InChI is InChI=1S/C16H15Cl2F2N/c1-9(11-3-6-15(19)16(20)7-11)21-10(2)13-8-12(17)4-5-14(13)18/h3-10,21H,1-2H3. The van der Waals surface area contributed by atoms with Crippen molar-refractivity contribution in [3.8, 4) is 0 Å². The molecule has 0 aliphatic heterocycles. The van der Waals surface area contributed by atoms with Gasteiger partial charge in [0.25, 0.3) is 0 Å². The minimum atomic E-state index is -0.852. The van der Waals surface area contributed by atoms with Gasteiger partial charge >= 0.3 is 0 Å². The second kappa shape index (κ2) is 6.73. The van der Waals surface area contributed by atoms with Crippen molar-refractivity contribution in [1.29, 1.82) is 0 Å². The van der Waals surface area contributed by atoms with Crippen LogP contribution < -0.4 is 5.32 Å². The van der Waals surface area contributed by atoms with E-state index in [0.29, 0.717) is 15.6 Å². The Labute approximate surface area is 132 Å². The van der Waals surface area contributed by atoms with Gasteiger partial charge in [0, 0.05) is 22.1 Å². The van der Waals surface area contributed by atoms with Crippen molar-refractivity contribution in [3.63, 3.8) is 0 Å². The molecule has 0 heterocycles. The summed E-state index contributed by atoms with van der Waals surface area (Å²) in [7, 11) is 0. The third kappa shape index (κ3) is 3.94. The Bertz CT molecular complexity index is 646. The van der Waals surface area contributed by atoms with Crippen LogP contribution in [0.15, 0.2) is 36.4 Å². The summed E-state index contributed by atoms with van der Waals surface area (Å²) in [5, 5.41) is 4.50. The van der Waals surface area contributed by atoms with Crippen molar-refractivity contribution in [2.45, 2.75) is 25.9 Å². The van der Waals surface area contributed by atoms with E-state index in [1.54, 1.807) is 24.3 Å². The Hall–Kier alpha value is -1.16. The van der Waals surface area contributed by atoms with Gasteiger partial charge in [-0.25, -0.2) is 8.78 Å². The Morgan fingerprint density at radius 1 is 0.905 bits per heavy atom. The molecule has 1 N–H and O–H groups in total. The lowest BCUT2D eigenvalue weighted by molar-refractivity contribution is 0.480. The average molecular weight is 330 g/mol. The zero-order valence-electron chi connectivity index (χ0n) is 11.6. The molecule has 0 aromatic heterocycles. The number of nitrogens with one attached hydrogen (secondary N) is 1. The Balaban J connectivity index is 2.16. The first-order valence-electron chi connectivity index (χ1n) is 6.54. The van der Waals surface area contributed by atoms with Gasteiger partial charge in [0.05, 0.1) is 0 Å². The van der Waals surface area contributed by atoms with Crippen molar-refractivity contribution in [2.75, 3.05) is 0 Å². The maximum Gasteiger partial charge on any atom is 0.159 e. The van der Waals surface area contributed by atoms with Crippen LogP contribution in [0.2, 0.25) is 10.0 Å². The molecule has 0 radical (unpaired) electrons. The van der Waals surface area contributed by atoms with Gasteiger partial charge in [0.1, 0.15) is 0 Å². The lowest BCUT2D eigenvalue weighted by Crippen LogP contribution is -2.23. The van der Waals surface area contributed by atoms with Crippen molar-refractivity contribution >= 4 is 23.2 Å². The molecule has 2 unspecified atom stereocenters. The van der Waals surface area contributed by atoms with Gasteiger partial charge in [-0.15, -0.1) is 0 Å². The topological polar surface area (TPSA) is 12.0 Å². The van der Waals surface area contributed by atoms with Crippen LogP contribution in [-0.2, 0) is 0 Å². The van der Waals surface area contributed by atoms with Crippen LogP contribution in [0.3, 0.4) is 0 Å². The van der Waals surface area contributed by atoms with E-state index in [1.165, 1.54) is 6.07 Å². The number of hydrogen-bond donors (Lipinski definition) is 1. The molecule has 2 aromatic rings. The first kappa shape index (κ1) is 16.2. The quantitative estimate of drug-likeness (QED) is 0.760. The zero-order valence-corrected chi connectivity index (χ0v) is 13.1. The summed E-state index contributed by atoms with van der Waals surface area (Å²) < 4.78 is 26.2. The van der Waals surface area contributed by atoms with Gasteiger partial charge in [-0.05, 0) is 55.3 Å². The SMILES string of the molecule is CC(NC(C)c1cc(Cl)ccc1Cl)c1ccc(F)c(F)c1. The highest BCUT2D eigenvalue weighted by Gasteiger charge is 2.15. The molecule has 0 fully saturated rings. The first-order chi connectivity index (χ1) is 9.88. The highest BCUT2D eigenvalue weighted by Crippen LogP contribution is 2.28. The number of hydrogen-bond acceptors (Lipinski definition) is 1. The molecule has 0 aliphatic rings. The van der Waals surface area contributed by atoms with Crippen LogP contribution in [0, 0.1) is 11.6 Å². The van der Waals surface area contributed by atoms with E-state index in [9.17, 15) is 8.78 Å². The van der Waals surface area contributed by atoms with Gasteiger partial charge in [0.2, 0.25) is 0 Å². The highest BCUT2D eigenvalue weighted by atomic mass is 35.5. The van der Waals surface area contributed by atoms with Crippen molar-refractivity contribution in [3.05, 3.63) is 69.2 Å². The largest absolute Gasteiger partial charge is 0.304 e. The molecule has 5 heteroatoms. The number of halogens is 4. The molecule has 21 heavy (non-hydrogen) atoms. The zero-order chi connectivity index (χ0) is 15.6. The maximum absolute atomic E-state index is 13.3. The van der Waals surface area contributed by atoms with Crippen molar-refractivity contribution in [2.24, 2.45) is 0 Å². The van der Waals surface area contributed by atoms with E-state index < -0.39 is 11.6 Å².